The van der Waals surface area contributed by atoms with Gasteiger partial charge in [0.15, 0.2) is 5.65 Å². The Morgan fingerprint density at radius 2 is 1.62 bits per heavy atom. The summed E-state index contributed by atoms with van der Waals surface area (Å²) in [5.41, 5.74) is 4.60. The third-order valence-electron chi connectivity index (χ3n) is 6.97. The number of carbonyl (C=O) groups is 1. The summed E-state index contributed by atoms with van der Waals surface area (Å²) in [4.78, 5) is 27.2. The summed E-state index contributed by atoms with van der Waals surface area (Å²) in [6, 6.07) is 23.4. The zero-order chi connectivity index (χ0) is 26.9. The van der Waals surface area contributed by atoms with Crippen LogP contribution in [-0.2, 0) is 6.42 Å². The summed E-state index contributed by atoms with van der Waals surface area (Å²) in [5, 5.41) is 6.37. The summed E-state index contributed by atoms with van der Waals surface area (Å²) < 4.78 is 1.86. The van der Waals surface area contributed by atoms with Gasteiger partial charge in [-0.05, 0) is 42.8 Å². The number of halogens is 2. The fourth-order valence-electron chi connectivity index (χ4n) is 4.84. The fourth-order valence-corrected chi connectivity index (χ4v) is 5.13. The lowest BCUT2D eigenvalue weighted by molar-refractivity contribution is 0.0746. The molecule has 7 nitrogen and oxygen atoms in total. The van der Waals surface area contributed by atoms with Crippen molar-refractivity contribution in [1.29, 1.82) is 0 Å². The standard InChI is InChI=1S/C30H26Cl2N6O/c1-20-7-9-21(10-8-20)17-27-34-28(24-19-33-38(29(24)35-27)23-5-3-2-4-6-23)36-13-15-37(16-14-36)30(39)22-11-12-25(31)26(32)18-22/h2-12,18-19H,13-17H2,1H3. The molecule has 1 saturated heterocycles. The van der Waals surface area contributed by atoms with Crippen molar-refractivity contribution in [1.82, 2.24) is 24.6 Å². The molecule has 0 unspecified atom stereocenters. The van der Waals surface area contributed by atoms with Crippen LogP contribution >= 0.6 is 23.2 Å². The fraction of sp³-hybridized carbons (Fsp3) is 0.200. The van der Waals surface area contributed by atoms with Crippen LogP contribution in [0.1, 0.15) is 27.3 Å². The van der Waals surface area contributed by atoms with Crippen LogP contribution in [0.5, 0.6) is 0 Å². The highest BCUT2D eigenvalue weighted by atomic mass is 35.5. The van der Waals surface area contributed by atoms with Crippen LogP contribution in [-0.4, -0.2) is 56.7 Å². The van der Waals surface area contributed by atoms with Gasteiger partial charge >= 0.3 is 0 Å². The summed E-state index contributed by atoms with van der Waals surface area (Å²) in [6.45, 7) is 4.48. The SMILES string of the molecule is Cc1ccc(Cc2nc(N3CCN(C(=O)c4ccc(Cl)c(Cl)c4)CC3)c3cnn(-c4ccccc4)c3n2)cc1. The Kier molecular flexibility index (Phi) is 6.94. The number of para-hydroxylation sites is 1. The Morgan fingerprint density at radius 1 is 0.872 bits per heavy atom. The molecule has 0 N–H and O–H groups in total. The Bertz CT molecular complexity index is 1640. The molecule has 0 aliphatic carbocycles. The average molecular weight is 557 g/mol. The second kappa shape index (κ2) is 10.7. The van der Waals surface area contributed by atoms with Crippen molar-refractivity contribution < 1.29 is 4.79 Å². The van der Waals surface area contributed by atoms with Crippen molar-refractivity contribution in [2.24, 2.45) is 0 Å². The van der Waals surface area contributed by atoms with Crippen LogP contribution in [0, 0.1) is 6.92 Å². The highest BCUT2D eigenvalue weighted by Gasteiger charge is 2.26. The van der Waals surface area contributed by atoms with Crippen LogP contribution in [0.3, 0.4) is 0 Å². The van der Waals surface area contributed by atoms with E-state index in [4.69, 9.17) is 33.2 Å². The Hall–Kier alpha value is -3.94. The second-order valence-electron chi connectivity index (χ2n) is 9.66. The first-order valence-electron chi connectivity index (χ1n) is 12.8. The number of amides is 1. The molecule has 5 aromatic rings. The van der Waals surface area contributed by atoms with Crippen molar-refractivity contribution in [2.45, 2.75) is 13.3 Å². The molecule has 9 heteroatoms. The predicted molar refractivity (Wildman–Crippen MR) is 155 cm³/mol. The molecule has 3 aromatic carbocycles. The topological polar surface area (TPSA) is 67.2 Å². The minimum Gasteiger partial charge on any atom is -0.352 e. The van der Waals surface area contributed by atoms with Gasteiger partial charge in [-0.25, -0.2) is 14.6 Å². The normalized spacial score (nSPS) is 13.7. The van der Waals surface area contributed by atoms with E-state index in [0.29, 0.717) is 48.2 Å². The maximum absolute atomic E-state index is 13.1. The third-order valence-corrected chi connectivity index (χ3v) is 7.71. The van der Waals surface area contributed by atoms with Crippen molar-refractivity contribution in [3.63, 3.8) is 0 Å². The minimum absolute atomic E-state index is 0.0574. The van der Waals surface area contributed by atoms with Crippen molar-refractivity contribution >= 4 is 46.0 Å². The van der Waals surface area contributed by atoms with Gasteiger partial charge in [0, 0.05) is 38.2 Å². The molecule has 6 rings (SSSR count). The first-order chi connectivity index (χ1) is 19.0. The summed E-state index contributed by atoms with van der Waals surface area (Å²) >= 11 is 12.2. The number of piperazine rings is 1. The number of hydrogen-bond acceptors (Lipinski definition) is 5. The van der Waals surface area contributed by atoms with Gasteiger partial charge in [0.05, 0.1) is 27.3 Å². The molecule has 0 atom stereocenters. The Balaban J connectivity index is 1.31. The van der Waals surface area contributed by atoms with Crippen LogP contribution < -0.4 is 4.90 Å². The van der Waals surface area contributed by atoms with Crippen LogP contribution in [0.15, 0.2) is 79.0 Å². The minimum atomic E-state index is -0.0574. The molecule has 2 aromatic heterocycles. The Morgan fingerprint density at radius 3 is 2.33 bits per heavy atom. The summed E-state index contributed by atoms with van der Waals surface area (Å²) in [7, 11) is 0. The van der Waals surface area contributed by atoms with E-state index in [1.54, 1.807) is 18.2 Å². The molecule has 39 heavy (non-hydrogen) atoms. The van der Waals surface area contributed by atoms with E-state index >= 15 is 0 Å². The summed E-state index contributed by atoms with van der Waals surface area (Å²) in [6.07, 6.45) is 2.44. The van der Waals surface area contributed by atoms with Crippen molar-refractivity contribution in [2.75, 3.05) is 31.1 Å². The lowest BCUT2D eigenvalue weighted by atomic mass is 10.1. The molecule has 0 spiro atoms. The molecule has 1 aliphatic heterocycles. The number of aryl methyl sites for hydroxylation is 1. The molecule has 0 radical (unpaired) electrons. The van der Waals surface area contributed by atoms with Crippen LogP contribution in [0.25, 0.3) is 16.7 Å². The van der Waals surface area contributed by atoms with Gasteiger partial charge in [-0.2, -0.15) is 5.10 Å². The number of hydrogen-bond donors (Lipinski definition) is 0. The van der Waals surface area contributed by atoms with Crippen molar-refractivity contribution in [3.05, 3.63) is 112 Å². The highest BCUT2D eigenvalue weighted by molar-refractivity contribution is 6.42. The van der Waals surface area contributed by atoms with Gasteiger partial charge in [-0.1, -0.05) is 71.2 Å². The van der Waals surface area contributed by atoms with Gasteiger partial charge in [-0.15, -0.1) is 0 Å². The molecule has 0 saturated carbocycles. The number of aromatic nitrogens is 4. The van der Waals surface area contributed by atoms with Gasteiger partial charge in [-0.3, -0.25) is 4.79 Å². The largest absolute Gasteiger partial charge is 0.352 e. The van der Waals surface area contributed by atoms with Gasteiger partial charge in [0.2, 0.25) is 0 Å². The van der Waals surface area contributed by atoms with E-state index in [-0.39, 0.29) is 5.91 Å². The monoisotopic (exact) mass is 556 g/mol. The number of carbonyl (C=O) groups excluding carboxylic acids is 1. The zero-order valence-corrected chi connectivity index (χ0v) is 22.9. The van der Waals surface area contributed by atoms with E-state index in [1.807, 2.05) is 46.1 Å². The maximum atomic E-state index is 13.1. The van der Waals surface area contributed by atoms with Gasteiger partial charge < -0.3 is 9.80 Å². The van der Waals surface area contributed by atoms with Crippen molar-refractivity contribution in [3.8, 4) is 5.69 Å². The van der Waals surface area contributed by atoms with E-state index < -0.39 is 0 Å². The molecule has 3 heterocycles. The van der Waals surface area contributed by atoms with E-state index in [9.17, 15) is 4.79 Å². The second-order valence-corrected chi connectivity index (χ2v) is 10.5. The lowest BCUT2D eigenvalue weighted by Crippen LogP contribution is -2.49. The smallest absolute Gasteiger partial charge is 0.254 e. The molecular weight excluding hydrogens is 531 g/mol. The molecule has 196 valence electrons. The van der Waals surface area contributed by atoms with Crippen LogP contribution in [0.4, 0.5) is 5.82 Å². The van der Waals surface area contributed by atoms with Gasteiger partial charge in [0.1, 0.15) is 11.6 Å². The average Bonchev–Trinajstić information content (AvgIpc) is 3.39. The number of rotatable bonds is 5. The third kappa shape index (κ3) is 5.20. The Labute approximate surface area is 236 Å². The number of nitrogens with zero attached hydrogens (tertiary/aromatic N) is 6. The number of fused-ring (bicyclic) bond motifs is 1. The first kappa shape index (κ1) is 25.3. The molecule has 1 amide bonds. The lowest BCUT2D eigenvalue weighted by Gasteiger charge is -2.35. The maximum Gasteiger partial charge on any atom is 0.254 e. The van der Waals surface area contributed by atoms with E-state index in [0.717, 1.165) is 33.9 Å². The molecule has 0 bridgehead atoms. The predicted octanol–water partition coefficient (Wildman–Crippen LogP) is 5.98. The molecule has 1 fully saturated rings. The number of benzene rings is 3. The molecular formula is C30H26Cl2N6O. The van der Waals surface area contributed by atoms with Crippen LogP contribution in [0.2, 0.25) is 10.0 Å². The summed E-state index contributed by atoms with van der Waals surface area (Å²) in [5.74, 6) is 1.51. The highest BCUT2D eigenvalue weighted by Crippen LogP contribution is 2.28. The number of anilines is 1. The first-order valence-corrected chi connectivity index (χ1v) is 13.6. The quantitative estimate of drug-likeness (QED) is 0.266. The van der Waals surface area contributed by atoms with E-state index in [2.05, 4.69) is 41.2 Å². The zero-order valence-electron chi connectivity index (χ0n) is 21.4. The van der Waals surface area contributed by atoms with E-state index in [1.165, 1.54) is 5.56 Å². The molecule has 1 aliphatic rings. The van der Waals surface area contributed by atoms with Gasteiger partial charge in [0.25, 0.3) is 5.91 Å².